The number of hydrogen-bond donors (Lipinski definition) is 2. The lowest BCUT2D eigenvalue weighted by molar-refractivity contribution is 0.1000. The third-order valence-electron chi connectivity index (χ3n) is 3.49. The van der Waals surface area contributed by atoms with Crippen molar-refractivity contribution in [3.63, 3.8) is 0 Å². The number of anilines is 1. The summed E-state index contributed by atoms with van der Waals surface area (Å²) in [5.74, 6) is -0.407. The summed E-state index contributed by atoms with van der Waals surface area (Å²) >= 11 is 0. The Morgan fingerprint density at radius 3 is 2.52 bits per heavy atom. The molecule has 2 aromatic rings. The van der Waals surface area contributed by atoms with E-state index in [1.807, 2.05) is 37.3 Å². The van der Waals surface area contributed by atoms with Crippen LogP contribution in [0.4, 0.5) is 5.69 Å². The second-order valence-electron chi connectivity index (χ2n) is 4.90. The Morgan fingerprint density at radius 1 is 1.14 bits per heavy atom. The van der Waals surface area contributed by atoms with E-state index in [1.165, 1.54) is 5.56 Å². The highest BCUT2D eigenvalue weighted by atomic mass is 16.5. The molecule has 2 aromatic carbocycles. The third kappa shape index (κ3) is 3.61. The zero-order valence-corrected chi connectivity index (χ0v) is 12.3. The molecule has 0 heterocycles. The summed E-state index contributed by atoms with van der Waals surface area (Å²) in [5.41, 5.74) is 10.0. The topological polar surface area (TPSA) is 64.3 Å². The Morgan fingerprint density at radius 2 is 1.86 bits per heavy atom. The molecule has 0 radical (unpaired) electrons. The van der Waals surface area contributed by atoms with Gasteiger partial charge in [0.2, 0.25) is 5.91 Å². The molecule has 0 fully saturated rings. The Bertz CT molecular complexity index is 638. The Labute approximate surface area is 124 Å². The molecule has 0 bridgehead atoms. The van der Waals surface area contributed by atoms with Gasteiger partial charge in [-0.1, -0.05) is 30.3 Å². The molecule has 0 spiro atoms. The van der Waals surface area contributed by atoms with Crippen molar-refractivity contribution >= 4 is 11.6 Å². The van der Waals surface area contributed by atoms with Gasteiger partial charge in [-0.25, -0.2) is 0 Å². The molecule has 3 N–H and O–H groups in total. The number of ether oxygens (including phenoxy) is 1. The fourth-order valence-corrected chi connectivity index (χ4v) is 2.31. The monoisotopic (exact) mass is 284 g/mol. The number of nitrogens with two attached hydrogens (primary N) is 1. The van der Waals surface area contributed by atoms with Crippen LogP contribution in [0.25, 0.3) is 0 Å². The van der Waals surface area contributed by atoms with Crippen LogP contribution in [0.15, 0.2) is 42.5 Å². The molecule has 0 saturated carbocycles. The molecule has 0 aliphatic carbocycles. The van der Waals surface area contributed by atoms with Crippen LogP contribution in [0.1, 0.15) is 27.0 Å². The van der Waals surface area contributed by atoms with Gasteiger partial charge in [-0.2, -0.15) is 0 Å². The largest absolute Gasteiger partial charge is 0.381 e. The minimum atomic E-state index is -0.407. The quantitative estimate of drug-likeness (QED) is 0.857. The first-order valence-corrected chi connectivity index (χ1v) is 6.82. The molecule has 2 rings (SSSR count). The van der Waals surface area contributed by atoms with Crippen LogP contribution in [0, 0.1) is 6.92 Å². The average Bonchev–Trinajstić information content (AvgIpc) is 2.47. The van der Waals surface area contributed by atoms with Gasteiger partial charge in [0.25, 0.3) is 0 Å². The second-order valence-corrected chi connectivity index (χ2v) is 4.90. The molecule has 0 aliphatic heterocycles. The number of carbonyl (C=O) groups is 1. The van der Waals surface area contributed by atoms with E-state index in [4.69, 9.17) is 10.5 Å². The molecule has 0 aliphatic rings. The van der Waals surface area contributed by atoms with Crippen molar-refractivity contribution in [2.45, 2.75) is 20.1 Å². The second kappa shape index (κ2) is 6.90. The first-order chi connectivity index (χ1) is 10.1. The van der Waals surface area contributed by atoms with Crippen LogP contribution in [-0.4, -0.2) is 13.0 Å². The van der Waals surface area contributed by atoms with Gasteiger partial charge >= 0.3 is 0 Å². The van der Waals surface area contributed by atoms with E-state index in [9.17, 15) is 4.79 Å². The maximum Gasteiger partial charge on any atom is 0.249 e. The zero-order valence-electron chi connectivity index (χ0n) is 12.3. The highest BCUT2D eigenvalue weighted by Gasteiger charge is 2.08. The first kappa shape index (κ1) is 15.1. The fraction of sp³-hybridized carbons (Fsp3) is 0.235. The molecule has 4 heteroatoms. The van der Waals surface area contributed by atoms with E-state index in [0.29, 0.717) is 18.7 Å². The lowest BCUT2D eigenvalue weighted by atomic mass is 10.0. The Kier molecular flexibility index (Phi) is 4.95. The number of hydrogen-bond acceptors (Lipinski definition) is 3. The van der Waals surface area contributed by atoms with E-state index in [-0.39, 0.29) is 0 Å². The van der Waals surface area contributed by atoms with Crippen LogP contribution >= 0.6 is 0 Å². The van der Waals surface area contributed by atoms with Crippen LogP contribution in [0.5, 0.6) is 0 Å². The number of methoxy groups -OCH3 is 1. The lowest BCUT2D eigenvalue weighted by Gasteiger charge is -2.14. The van der Waals surface area contributed by atoms with Gasteiger partial charge in [0.15, 0.2) is 0 Å². The van der Waals surface area contributed by atoms with Crippen molar-refractivity contribution in [3.8, 4) is 0 Å². The molecular formula is C17H20N2O2. The van der Waals surface area contributed by atoms with E-state index < -0.39 is 5.91 Å². The number of nitrogens with one attached hydrogen (secondary N) is 1. The standard InChI is InChI=1S/C17H20N2O2/c1-12-15(17(18)20)8-5-9-16(12)19-10-13-6-3-4-7-14(13)11-21-2/h3-9,19H,10-11H2,1-2H3,(H2,18,20). The Balaban J connectivity index is 2.17. The highest BCUT2D eigenvalue weighted by molar-refractivity contribution is 5.95. The predicted octanol–water partition coefficient (Wildman–Crippen LogP) is 2.85. The van der Waals surface area contributed by atoms with Crippen LogP contribution in [0.2, 0.25) is 0 Å². The van der Waals surface area contributed by atoms with Gasteiger partial charge in [-0.3, -0.25) is 4.79 Å². The third-order valence-corrected chi connectivity index (χ3v) is 3.49. The number of amides is 1. The van der Waals surface area contributed by atoms with Gasteiger partial charge in [0.1, 0.15) is 0 Å². The Hall–Kier alpha value is -2.33. The molecule has 0 unspecified atom stereocenters. The molecule has 21 heavy (non-hydrogen) atoms. The summed E-state index contributed by atoms with van der Waals surface area (Å²) in [5, 5.41) is 3.36. The van der Waals surface area contributed by atoms with Gasteiger partial charge in [-0.05, 0) is 35.7 Å². The van der Waals surface area contributed by atoms with Crippen molar-refractivity contribution in [3.05, 3.63) is 64.7 Å². The first-order valence-electron chi connectivity index (χ1n) is 6.82. The van der Waals surface area contributed by atoms with E-state index in [2.05, 4.69) is 11.4 Å². The van der Waals surface area contributed by atoms with Crippen molar-refractivity contribution < 1.29 is 9.53 Å². The maximum atomic E-state index is 11.4. The minimum Gasteiger partial charge on any atom is -0.381 e. The number of rotatable bonds is 6. The summed E-state index contributed by atoms with van der Waals surface area (Å²) in [4.78, 5) is 11.4. The minimum absolute atomic E-state index is 0.407. The molecule has 1 amide bonds. The highest BCUT2D eigenvalue weighted by Crippen LogP contribution is 2.20. The molecule has 0 saturated heterocycles. The smallest absolute Gasteiger partial charge is 0.249 e. The van der Waals surface area contributed by atoms with Gasteiger partial charge in [0.05, 0.1) is 6.61 Å². The molecular weight excluding hydrogens is 264 g/mol. The zero-order chi connectivity index (χ0) is 15.2. The van der Waals surface area contributed by atoms with E-state index in [1.54, 1.807) is 13.2 Å². The normalized spacial score (nSPS) is 10.4. The van der Waals surface area contributed by atoms with Crippen LogP contribution in [-0.2, 0) is 17.9 Å². The summed E-state index contributed by atoms with van der Waals surface area (Å²) in [6.45, 7) is 3.14. The van der Waals surface area contributed by atoms with Crippen LogP contribution in [0.3, 0.4) is 0 Å². The van der Waals surface area contributed by atoms with Crippen molar-refractivity contribution in [1.29, 1.82) is 0 Å². The number of primary amides is 1. The van der Waals surface area contributed by atoms with Gasteiger partial charge < -0.3 is 15.8 Å². The summed E-state index contributed by atoms with van der Waals surface area (Å²) in [6, 6.07) is 13.6. The maximum absolute atomic E-state index is 11.4. The van der Waals surface area contributed by atoms with E-state index >= 15 is 0 Å². The summed E-state index contributed by atoms with van der Waals surface area (Å²) in [6.07, 6.45) is 0. The predicted molar refractivity (Wildman–Crippen MR) is 84.2 cm³/mol. The number of benzene rings is 2. The average molecular weight is 284 g/mol. The summed E-state index contributed by atoms with van der Waals surface area (Å²) < 4.78 is 5.21. The molecule has 4 nitrogen and oxygen atoms in total. The lowest BCUT2D eigenvalue weighted by Crippen LogP contribution is -2.14. The fourth-order valence-electron chi connectivity index (χ4n) is 2.31. The van der Waals surface area contributed by atoms with Gasteiger partial charge in [-0.15, -0.1) is 0 Å². The van der Waals surface area contributed by atoms with Crippen molar-refractivity contribution in [2.24, 2.45) is 5.73 Å². The van der Waals surface area contributed by atoms with E-state index in [0.717, 1.165) is 16.8 Å². The molecule has 0 aromatic heterocycles. The van der Waals surface area contributed by atoms with Gasteiger partial charge in [0, 0.05) is 24.9 Å². The molecule has 110 valence electrons. The summed E-state index contributed by atoms with van der Waals surface area (Å²) in [7, 11) is 1.69. The van der Waals surface area contributed by atoms with Crippen LogP contribution < -0.4 is 11.1 Å². The SMILES string of the molecule is COCc1ccccc1CNc1cccc(C(N)=O)c1C. The number of carbonyl (C=O) groups excluding carboxylic acids is 1. The molecule has 0 atom stereocenters. The van der Waals surface area contributed by atoms with Crippen molar-refractivity contribution in [1.82, 2.24) is 0 Å². The van der Waals surface area contributed by atoms with Crippen molar-refractivity contribution in [2.75, 3.05) is 12.4 Å².